The molecule has 0 amide bonds. The average molecular weight is 218 g/mol. The number of carbonyl (C=O) groups is 1. The second-order valence-corrected chi connectivity index (χ2v) is 5.75. The zero-order valence-electron chi connectivity index (χ0n) is 10.8. The highest BCUT2D eigenvalue weighted by Crippen LogP contribution is 2.44. The summed E-state index contributed by atoms with van der Waals surface area (Å²) in [6, 6.07) is 0. The van der Waals surface area contributed by atoms with Gasteiger partial charge in [0.2, 0.25) is 0 Å². The van der Waals surface area contributed by atoms with Gasteiger partial charge in [0.1, 0.15) is 0 Å². The summed E-state index contributed by atoms with van der Waals surface area (Å²) in [4.78, 5) is 11.8. The topological polar surface area (TPSA) is 17.1 Å². The Morgan fingerprint density at radius 2 is 2.00 bits per heavy atom. The highest BCUT2D eigenvalue weighted by atomic mass is 16.1. The fourth-order valence-corrected chi connectivity index (χ4v) is 3.23. The molecule has 0 N–H and O–H groups in total. The Labute approximate surface area is 98.6 Å². The summed E-state index contributed by atoms with van der Waals surface area (Å²) < 4.78 is 0. The predicted molar refractivity (Wildman–Crippen MR) is 67.1 cm³/mol. The van der Waals surface area contributed by atoms with Gasteiger partial charge < -0.3 is 0 Å². The minimum atomic E-state index is 0.346. The van der Waals surface area contributed by atoms with E-state index in [1.807, 2.05) is 6.92 Å². The van der Waals surface area contributed by atoms with Crippen molar-refractivity contribution in [3.8, 4) is 0 Å². The molecule has 16 heavy (non-hydrogen) atoms. The number of rotatable bonds is 1. The summed E-state index contributed by atoms with van der Waals surface area (Å²) in [6.45, 7) is 8.77. The van der Waals surface area contributed by atoms with Gasteiger partial charge in [-0.25, -0.2) is 0 Å². The summed E-state index contributed by atoms with van der Waals surface area (Å²) in [5.41, 5.74) is 2.42. The maximum absolute atomic E-state index is 11.8. The normalized spacial score (nSPS) is 34.6. The number of hydrogen-bond acceptors (Lipinski definition) is 1. The van der Waals surface area contributed by atoms with Crippen molar-refractivity contribution in [2.75, 3.05) is 0 Å². The highest BCUT2D eigenvalue weighted by Gasteiger charge is 2.37. The lowest BCUT2D eigenvalue weighted by atomic mass is 9.64. The van der Waals surface area contributed by atoms with Gasteiger partial charge in [-0.3, -0.25) is 4.79 Å². The molecule has 0 spiro atoms. The van der Waals surface area contributed by atoms with Gasteiger partial charge in [0.25, 0.3) is 0 Å². The molecule has 0 bridgehead atoms. The van der Waals surface area contributed by atoms with Gasteiger partial charge in [0.15, 0.2) is 5.78 Å². The van der Waals surface area contributed by atoms with Gasteiger partial charge in [-0.2, -0.15) is 0 Å². The first kappa shape index (κ1) is 11.6. The Hall–Kier alpha value is -0.850. The Kier molecular flexibility index (Phi) is 3.05. The third kappa shape index (κ3) is 1.88. The smallest absolute Gasteiger partial charge is 0.158 e. The van der Waals surface area contributed by atoms with Crippen molar-refractivity contribution in [2.24, 2.45) is 23.7 Å². The molecule has 0 aromatic heterocycles. The molecule has 2 rings (SSSR count). The van der Waals surface area contributed by atoms with E-state index in [-0.39, 0.29) is 0 Å². The number of fused-ring (bicyclic) bond motifs is 1. The van der Waals surface area contributed by atoms with E-state index < -0.39 is 0 Å². The SMILES string of the molecule is CC1=C[C@H]2[C@H](CC1=O)C(C)=CC[C@H]2C(C)C. The lowest BCUT2D eigenvalue weighted by molar-refractivity contribution is -0.117. The molecule has 2 aliphatic carbocycles. The molecule has 0 aromatic rings. The number of hydrogen-bond donors (Lipinski definition) is 0. The van der Waals surface area contributed by atoms with Crippen molar-refractivity contribution < 1.29 is 4.79 Å². The largest absolute Gasteiger partial charge is 0.295 e. The van der Waals surface area contributed by atoms with E-state index in [4.69, 9.17) is 0 Å². The Balaban J connectivity index is 2.35. The molecule has 1 nitrogen and oxygen atoms in total. The molecule has 1 heteroatoms. The van der Waals surface area contributed by atoms with Crippen LogP contribution < -0.4 is 0 Å². The Morgan fingerprint density at radius 3 is 2.62 bits per heavy atom. The van der Waals surface area contributed by atoms with E-state index in [1.54, 1.807) is 0 Å². The van der Waals surface area contributed by atoms with E-state index in [9.17, 15) is 4.79 Å². The lowest BCUT2D eigenvalue weighted by Crippen LogP contribution is -2.34. The highest BCUT2D eigenvalue weighted by molar-refractivity contribution is 5.96. The zero-order chi connectivity index (χ0) is 11.9. The van der Waals surface area contributed by atoms with Crippen LogP contribution in [0, 0.1) is 23.7 Å². The predicted octanol–water partition coefficient (Wildman–Crippen LogP) is 3.76. The molecule has 0 aromatic carbocycles. The summed E-state index contributed by atoms with van der Waals surface area (Å²) in [7, 11) is 0. The quantitative estimate of drug-likeness (QED) is 0.612. The maximum Gasteiger partial charge on any atom is 0.158 e. The van der Waals surface area contributed by atoms with Crippen molar-refractivity contribution in [3.05, 3.63) is 23.3 Å². The van der Waals surface area contributed by atoms with Gasteiger partial charge in [0, 0.05) is 6.42 Å². The second kappa shape index (κ2) is 4.20. The minimum absolute atomic E-state index is 0.346. The molecule has 0 radical (unpaired) electrons. The Morgan fingerprint density at radius 1 is 1.31 bits per heavy atom. The van der Waals surface area contributed by atoms with Crippen LogP contribution in [-0.4, -0.2) is 5.78 Å². The van der Waals surface area contributed by atoms with E-state index in [2.05, 4.69) is 32.9 Å². The van der Waals surface area contributed by atoms with E-state index >= 15 is 0 Å². The number of ketones is 1. The van der Waals surface area contributed by atoms with Gasteiger partial charge in [0.05, 0.1) is 0 Å². The first-order chi connectivity index (χ1) is 7.50. The van der Waals surface area contributed by atoms with Crippen LogP contribution in [0.2, 0.25) is 0 Å². The zero-order valence-corrected chi connectivity index (χ0v) is 10.8. The lowest BCUT2D eigenvalue weighted by Gasteiger charge is -2.40. The molecule has 0 heterocycles. The second-order valence-electron chi connectivity index (χ2n) is 5.75. The maximum atomic E-state index is 11.8. The van der Waals surface area contributed by atoms with Crippen LogP contribution in [0.25, 0.3) is 0 Å². The molecule has 88 valence electrons. The third-order valence-electron chi connectivity index (χ3n) is 4.40. The summed E-state index contributed by atoms with van der Waals surface area (Å²) in [5, 5.41) is 0. The van der Waals surface area contributed by atoms with Gasteiger partial charge in [-0.1, -0.05) is 31.6 Å². The first-order valence-corrected chi connectivity index (χ1v) is 6.39. The number of Topliss-reactive ketones (excluding diaryl/α,β-unsaturated/α-hetero) is 1. The van der Waals surface area contributed by atoms with E-state index in [1.165, 1.54) is 12.0 Å². The molecular formula is C15H22O. The van der Waals surface area contributed by atoms with Crippen LogP contribution in [-0.2, 0) is 4.79 Å². The number of allylic oxidation sites excluding steroid dienone is 4. The van der Waals surface area contributed by atoms with Crippen LogP contribution in [0.1, 0.15) is 40.5 Å². The molecule has 0 saturated carbocycles. The minimum Gasteiger partial charge on any atom is -0.295 e. The average Bonchev–Trinajstić information content (AvgIpc) is 2.21. The van der Waals surface area contributed by atoms with Crippen LogP contribution in [0.5, 0.6) is 0 Å². The van der Waals surface area contributed by atoms with Crippen LogP contribution in [0.3, 0.4) is 0 Å². The monoisotopic (exact) mass is 218 g/mol. The molecule has 0 saturated heterocycles. The summed E-state index contributed by atoms with van der Waals surface area (Å²) in [6.07, 6.45) is 6.52. The third-order valence-corrected chi connectivity index (χ3v) is 4.40. The van der Waals surface area contributed by atoms with Crippen molar-refractivity contribution in [1.82, 2.24) is 0 Å². The molecule has 3 atom stereocenters. The fraction of sp³-hybridized carbons (Fsp3) is 0.667. The number of carbonyl (C=O) groups excluding carboxylic acids is 1. The fourth-order valence-electron chi connectivity index (χ4n) is 3.23. The standard InChI is InChI=1S/C15H22O/c1-9(2)12-6-5-10(3)13-8-15(16)11(4)7-14(12)13/h5,7,9,12-14H,6,8H2,1-4H3/t12-,13+,14+/m0/s1. The Bertz CT molecular complexity index is 360. The van der Waals surface area contributed by atoms with Gasteiger partial charge in [-0.15, -0.1) is 0 Å². The molecule has 0 unspecified atom stereocenters. The summed E-state index contributed by atoms with van der Waals surface area (Å²) in [5.74, 6) is 2.85. The van der Waals surface area contributed by atoms with E-state index in [0.717, 1.165) is 17.9 Å². The van der Waals surface area contributed by atoms with Crippen molar-refractivity contribution >= 4 is 5.78 Å². The van der Waals surface area contributed by atoms with Gasteiger partial charge in [-0.05, 0) is 49.5 Å². The van der Waals surface area contributed by atoms with Crippen LogP contribution >= 0.6 is 0 Å². The summed E-state index contributed by atoms with van der Waals surface area (Å²) >= 11 is 0. The molecule has 2 aliphatic rings. The van der Waals surface area contributed by atoms with Crippen LogP contribution in [0.15, 0.2) is 23.3 Å². The molecular weight excluding hydrogens is 196 g/mol. The molecule has 0 aliphatic heterocycles. The molecule has 0 fully saturated rings. The first-order valence-electron chi connectivity index (χ1n) is 6.39. The van der Waals surface area contributed by atoms with E-state index in [0.29, 0.717) is 23.5 Å². The van der Waals surface area contributed by atoms with Crippen molar-refractivity contribution in [1.29, 1.82) is 0 Å². The van der Waals surface area contributed by atoms with Crippen LogP contribution in [0.4, 0.5) is 0 Å². The van der Waals surface area contributed by atoms with Crippen molar-refractivity contribution in [2.45, 2.75) is 40.5 Å². The van der Waals surface area contributed by atoms with Crippen molar-refractivity contribution in [3.63, 3.8) is 0 Å². The van der Waals surface area contributed by atoms with Gasteiger partial charge >= 0.3 is 0 Å².